The Bertz CT molecular complexity index is 476. The molecule has 0 heterocycles. The molecule has 0 amide bonds. The zero-order chi connectivity index (χ0) is 12.8. The summed E-state index contributed by atoms with van der Waals surface area (Å²) in [6.45, 7) is 7.62. The fourth-order valence-electron chi connectivity index (χ4n) is 1.39. The Morgan fingerprint density at radius 3 is 2.18 bits per heavy atom. The quantitative estimate of drug-likeness (QED) is 0.350. The minimum absolute atomic E-state index is 0.913. The molecule has 1 rings (SSSR count). The monoisotopic (exact) mass is 260 g/mol. The van der Waals surface area contributed by atoms with Crippen molar-refractivity contribution in [1.29, 1.82) is 0 Å². The summed E-state index contributed by atoms with van der Waals surface area (Å²) in [6, 6.07) is 8.22. The van der Waals surface area contributed by atoms with Crippen molar-refractivity contribution >= 4 is 35.3 Å². The average molecular weight is 260 g/mol. The number of benzene rings is 1. The largest absolute Gasteiger partial charge is 0.143 e. The highest BCUT2D eigenvalue weighted by atomic mass is 32.1. The van der Waals surface area contributed by atoms with E-state index in [0.29, 0.717) is 0 Å². The summed E-state index contributed by atoms with van der Waals surface area (Å²) in [5.41, 5.74) is 3.39. The van der Waals surface area contributed by atoms with Crippen LogP contribution in [0.1, 0.15) is 25.0 Å². The molecule has 0 saturated carbocycles. The molecule has 0 spiro atoms. The Morgan fingerprint density at radius 1 is 1.18 bits per heavy atom. The molecule has 0 atom stereocenters. The van der Waals surface area contributed by atoms with E-state index in [0.717, 1.165) is 26.5 Å². The van der Waals surface area contributed by atoms with Gasteiger partial charge in [-0.3, -0.25) is 0 Å². The van der Waals surface area contributed by atoms with Gasteiger partial charge in [-0.2, -0.15) is 0 Å². The number of hydrogen-bond acceptors (Lipinski definition) is 2. The first-order chi connectivity index (χ1) is 8.06. The minimum Gasteiger partial charge on any atom is -0.143 e. The predicted molar refractivity (Wildman–Crippen MR) is 84.7 cm³/mol. The van der Waals surface area contributed by atoms with Crippen LogP contribution in [0, 0.1) is 0 Å². The molecule has 0 bridgehead atoms. The van der Waals surface area contributed by atoms with Gasteiger partial charge >= 0.3 is 0 Å². The van der Waals surface area contributed by atoms with Crippen LogP contribution in [0.3, 0.4) is 0 Å². The molecular weight excluding hydrogens is 244 g/mol. The molecule has 0 aliphatic heterocycles. The molecule has 0 N–H and O–H groups in total. The van der Waals surface area contributed by atoms with E-state index in [4.69, 9.17) is 12.2 Å². The zero-order valence-corrected chi connectivity index (χ0v) is 11.8. The second-order valence-corrected chi connectivity index (χ2v) is 4.83. The third-order valence-electron chi connectivity index (χ3n) is 2.50. The van der Waals surface area contributed by atoms with Gasteiger partial charge in [-0.05, 0) is 36.6 Å². The van der Waals surface area contributed by atoms with E-state index in [1.165, 1.54) is 0 Å². The second kappa shape index (κ2) is 6.58. The Kier molecular flexibility index (Phi) is 5.39. The first-order valence-corrected chi connectivity index (χ1v) is 6.22. The Labute approximate surface area is 114 Å². The summed E-state index contributed by atoms with van der Waals surface area (Å²) >= 11 is 9.59. The molecule has 0 aliphatic carbocycles. The van der Waals surface area contributed by atoms with E-state index in [1.54, 1.807) is 6.08 Å². The molecule has 0 nitrogen and oxygen atoms in total. The van der Waals surface area contributed by atoms with Crippen LogP contribution in [0.25, 0.3) is 5.57 Å². The lowest BCUT2D eigenvalue weighted by atomic mass is 10.0. The van der Waals surface area contributed by atoms with Crippen molar-refractivity contribution < 1.29 is 0 Å². The van der Waals surface area contributed by atoms with Crippen molar-refractivity contribution in [3.8, 4) is 0 Å². The van der Waals surface area contributed by atoms with Gasteiger partial charge < -0.3 is 0 Å². The highest BCUT2D eigenvalue weighted by Gasteiger charge is 2.00. The average Bonchev–Trinajstić information content (AvgIpc) is 2.35. The van der Waals surface area contributed by atoms with Crippen LogP contribution in [0.2, 0.25) is 0 Å². The van der Waals surface area contributed by atoms with E-state index in [2.05, 4.69) is 38.3 Å². The molecule has 0 radical (unpaired) electrons. The lowest BCUT2D eigenvalue weighted by Crippen LogP contribution is -1.90. The molecule has 2 heteroatoms. The van der Waals surface area contributed by atoms with E-state index in [9.17, 15) is 0 Å². The molecule has 88 valence electrons. The maximum absolute atomic E-state index is 5.13. The normalized spacial score (nSPS) is 12.4. The fraction of sp³-hybridized carbons (Fsp3) is 0.133. The fourth-order valence-corrected chi connectivity index (χ4v) is 1.74. The maximum Gasteiger partial charge on any atom is 0.0193 e. The van der Waals surface area contributed by atoms with Crippen molar-refractivity contribution in [2.75, 3.05) is 0 Å². The van der Waals surface area contributed by atoms with Crippen molar-refractivity contribution in [3.05, 3.63) is 65.1 Å². The van der Waals surface area contributed by atoms with Gasteiger partial charge in [0.05, 0.1) is 0 Å². The third kappa shape index (κ3) is 3.99. The number of hydrogen-bond donors (Lipinski definition) is 1. The number of allylic oxidation sites excluding steroid dienone is 4. The molecule has 0 saturated heterocycles. The molecule has 0 aliphatic rings. The SMILES string of the molecule is C=C/C=C\C(S)=C(/C)c1ccc(C(C)=S)cc1. The van der Waals surface area contributed by atoms with Crippen LogP contribution < -0.4 is 0 Å². The lowest BCUT2D eigenvalue weighted by Gasteiger charge is -2.05. The number of rotatable bonds is 4. The van der Waals surface area contributed by atoms with Gasteiger partial charge in [0, 0.05) is 9.77 Å². The second-order valence-electron chi connectivity index (χ2n) is 3.74. The minimum atomic E-state index is 0.913. The summed E-state index contributed by atoms with van der Waals surface area (Å²) in [7, 11) is 0. The van der Waals surface area contributed by atoms with E-state index < -0.39 is 0 Å². The summed E-state index contributed by atoms with van der Waals surface area (Å²) < 4.78 is 0. The zero-order valence-electron chi connectivity index (χ0n) is 10.1. The Morgan fingerprint density at radius 2 is 1.71 bits per heavy atom. The molecular formula is C15H16S2. The predicted octanol–water partition coefficient (Wildman–Crippen LogP) is 4.83. The first kappa shape index (κ1) is 13.9. The standard InChI is InChI=1S/C15H16S2/c1-4-5-6-15(17)11(2)13-7-9-14(10-8-13)12(3)16/h4-10,17H,1H2,2-3H3/b6-5-,15-11-. The lowest BCUT2D eigenvalue weighted by molar-refractivity contribution is 1.54. The van der Waals surface area contributed by atoms with Crippen LogP contribution in [0.15, 0.2) is 54.0 Å². The summed E-state index contributed by atoms with van der Waals surface area (Å²) in [5, 5.41) is 0. The number of thiol groups is 1. The summed E-state index contributed by atoms with van der Waals surface area (Å²) in [4.78, 5) is 1.85. The van der Waals surface area contributed by atoms with Crippen molar-refractivity contribution in [3.63, 3.8) is 0 Å². The van der Waals surface area contributed by atoms with E-state index in [-0.39, 0.29) is 0 Å². The summed E-state index contributed by atoms with van der Waals surface area (Å²) in [5.74, 6) is 0. The van der Waals surface area contributed by atoms with Crippen LogP contribution >= 0.6 is 24.8 Å². The Balaban J connectivity index is 3.04. The Hall–Kier alpha value is -1.12. The smallest absolute Gasteiger partial charge is 0.0193 e. The maximum atomic E-state index is 5.13. The first-order valence-electron chi connectivity index (χ1n) is 5.36. The molecule has 1 aromatic carbocycles. The van der Waals surface area contributed by atoms with Crippen LogP contribution in [-0.2, 0) is 0 Å². The molecule has 0 unspecified atom stereocenters. The van der Waals surface area contributed by atoms with Crippen LogP contribution in [0.5, 0.6) is 0 Å². The highest BCUT2D eigenvalue weighted by molar-refractivity contribution is 7.85. The molecule has 1 aromatic rings. The van der Waals surface area contributed by atoms with Gasteiger partial charge in [0.15, 0.2) is 0 Å². The van der Waals surface area contributed by atoms with Crippen LogP contribution in [-0.4, -0.2) is 4.86 Å². The van der Waals surface area contributed by atoms with Gasteiger partial charge in [0.25, 0.3) is 0 Å². The van der Waals surface area contributed by atoms with Gasteiger partial charge in [-0.25, -0.2) is 0 Å². The molecule has 0 fully saturated rings. The van der Waals surface area contributed by atoms with E-state index >= 15 is 0 Å². The van der Waals surface area contributed by atoms with Crippen LogP contribution in [0.4, 0.5) is 0 Å². The topological polar surface area (TPSA) is 0 Å². The van der Waals surface area contributed by atoms with Gasteiger partial charge in [0.2, 0.25) is 0 Å². The van der Waals surface area contributed by atoms with Crippen molar-refractivity contribution in [2.24, 2.45) is 0 Å². The molecule has 0 aromatic heterocycles. The van der Waals surface area contributed by atoms with Gasteiger partial charge in [-0.15, -0.1) is 12.6 Å². The highest BCUT2D eigenvalue weighted by Crippen LogP contribution is 2.22. The van der Waals surface area contributed by atoms with Crippen molar-refractivity contribution in [1.82, 2.24) is 0 Å². The summed E-state index contributed by atoms with van der Waals surface area (Å²) in [6.07, 6.45) is 5.55. The third-order valence-corrected chi connectivity index (χ3v) is 3.22. The van der Waals surface area contributed by atoms with Gasteiger partial charge in [0.1, 0.15) is 0 Å². The van der Waals surface area contributed by atoms with Gasteiger partial charge in [-0.1, -0.05) is 55.2 Å². The number of thiocarbonyl (C=S) groups is 1. The van der Waals surface area contributed by atoms with E-state index in [1.807, 2.05) is 31.2 Å². The molecule has 17 heavy (non-hydrogen) atoms. The van der Waals surface area contributed by atoms with Crippen molar-refractivity contribution in [2.45, 2.75) is 13.8 Å².